The second kappa shape index (κ2) is 6.41. The van der Waals surface area contributed by atoms with Gasteiger partial charge in [-0.25, -0.2) is 4.79 Å². The van der Waals surface area contributed by atoms with Crippen molar-refractivity contribution in [3.8, 4) is 5.69 Å². The molecule has 1 aromatic carbocycles. The maximum atomic E-state index is 12.4. The minimum Gasteiger partial charge on any atom is -0.480 e. The molecule has 23 heavy (non-hydrogen) atoms. The number of nitrogens with zero attached hydrogens (tertiary/aromatic N) is 3. The quantitative estimate of drug-likeness (QED) is 0.877. The molecule has 2 N–H and O–H groups in total. The van der Waals surface area contributed by atoms with Crippen LogP contribution in [0.4, 0.5) is 0 Å². The van der Waals surface area contributed by atoms with E-state index >= 15 is 0 Å². The molecule has 2 aromatic rings. The van der Waals surface area contributed by atoms with Crippen molar-refractivity contribution < 1.29 is 14.7 Å². The average molecular weight is 332 g/mol. The fraction of sp³-hybridized carbons (Fsp3) is 0.333. The van der Waals surface area contributed by atoms with Crippen molar-refractivity contribution in [1.82, 2.24) is 20.1 Å². The van der Waals surface area contributed by atoms with Gasteiger partial charge < -0.3 is 10.4 Å². The Morgan fingerprint density at radius 2 is 1.74 bits per heavy atom. The number of carbonyl (C=O) groups is 2. The minimum atomic E-state index is -1.16. The van der Waals surface area contributed by atoms with E-state index in [-0.39, 0.29) is 5.91 Å². The summed E-state index contributed by atoms with van der Waals surface area (Å²) in [5.41, 5.74) is 0.101. The van der Waals surface area contributed by atoms with Crippen molar-refractivity contribution in [2.45, 2.75) is 18.4 Å². The minimum absolute atomic E-state index is 0.366. The number of hydrogen-bond acceptors (Lipinski definition) is 5. The monoisotopic (exact) mass is 332 g/mol. The summed E-state index contributed by atoms with van der Waals surface area (Å²) in [6.07, 6.45) is 4.01. The topological polar surface area (TPSA) is 97.1 Å². The van der Waals surface area contributed by atoms with E-state index in [2.05, 4.69) is 15.5 Å². The lowest BCUT2D eigenvalue weighted by Crippen LogP contribution is -2.56. The van der Waals surface area contributed by atoms with Gasteiger partial charge in [0.1, 0.15) is 18.2 Å². The van der Waals surface area contributed by atoms with Crippen LogP contribution in [0.15, 0.2) is 36.9 Å². The van der Waals surface area contributed by atoms with Crippen molar-refractivity contribution in [2.75, 3.05) is 11.5 Å². The first-order chi connectivity index (χ1) is 11.1. The third kappa shape index (κ3) is 3.21. The van der Waals surface area contributed by atoms with E-state index < -0.39 is 11.5 Å². The number of rotatable bonds is 4. The smallest absolute Gasteiger partial charge is 0.329 e. The molecule has 2 heterocycles. The van der Waals surface area contributed by atoms with E-state index in [0.717, 1.165) is 17.2 Å². The zero-order chi connectivity index (χ0) is 16.3. The number of carbonyl (C=O) groups excluding carboxylic acids is 1. The van der Waals surface area contributed by atoms with Crippen molar-refractivity contribution >= 4 is 23.6 Å². The van der Waals surface area contributed by atoms with Crippen molar-refractivity contribution in [2.24, 2.45) is 0 Å². The summed E-state index contributed by atoms with van der Waals surface area (Å²) in [5, 5.41) is 19.7. The van der Waals surface area contributed by atoms with Crippen LogP contribution in [0.1, 0.15) is 23.2 Å². The molecule has 3 rings (SSSR count). The third-order valence-corrected chi connectivity index (χ3v) is 4.94. The van der Waals surface area contributed by atoms with Crippen LogP contribution in [0, 0.1) is 0 Å². The molecule has 0 saturated carbocycles. The Bertz CT molecular complexity index is 694. The highest BCUT2D eigenvalue weighted by Crippen LogP contribution is 2.27. The summed E-state index contributed by atoms with van der Waals surface area (Å²) in [7, 11) is 0. The fourth-order valence-electron chi connectivity index (χ4n) is 2.52. The van der Waals surface area contributed by atoms with Crippen LogP contribution < -0.4 is 5.32 Å². The largest absolute Gasteiger partial charge is 0.480 e. The van der Waals surface area contributed by atoms with Gasteiger partial charge in [-0.1, -0.05) is 0 Å². The molecular weight excluding hydrogens is 316 g/mol. The summed E-state index contributed by atoms with van der Waals surface area (Å²) < 4.78 is 1.72. The third-order valence-electron chi connectivity index (χ3n) is 3.95. The van der Waals surface area contributed by atoms with Gasteiger partial charge in [-0.15, -0.1) is 10.2 Å². The van der Waals surface area contributed by atoms with Crippen molar-refractivity contribution in [3.05, 3.63) is 42.5 Å². The predicted octanol–water partition coefficient (Wildman–Crippen LogP) is 1.35. The first-order valence-electron chi connectivity index (χ1n) is 7.19. The van der Waals surface area contributed by atoms with Gasteiger partial charge in [0.25, 0.3) is 5.91 Å². The molecule has 0 aliphatic carbocycles. The first kappa shape index (κ1) is 15.5. The van der Waals surface area contributed by atoms with Gasteiger partial charge in [-0.2, -0.15) is 11.8 Å². The summed E-state index contributed by atoms with van der Waals surface area (Å²) in [4.78, 5) is 24.0. The lowest BCUT2D eigenvalue weighted by atomic mass is 9.92. The zero-order valence-corrected chi connectivity index (χ0v) is 13.1. The summed E-state index contributed by atoms with van der Waals surface area (Å²) in [6, 6.07) is 6.86. The molecular formula is C15H16N4O3S. The van der Waals surface area contributed by atoms with Gasteiger partial charge in [-0.05, 0) is 48.6 Å². The number of thioether (sulfide) groups is 1. The Kier molecular flexibility index (Phi) is 4.33. The number of aliphatic carboxylic acids is 1. The maximum Gasteiger partial charge on any atom is 0.329 e. The van der Waals surface area contributed by atoms with E-state index in [9.17, 15) is 14.7 Å². The van der Waals surface area contributed by atoms with E-state index in [4.69, 9.17) is 0 Å². The number of amides is 1. The normalized spacial score (nSPS) is 16.7. The molecule has 7 nitrogen and oxygen atoms in total. The second-order valence-electron chi connectivity index (χ2n) is 5.37. The van der Waals surface area contributed by atoms with Crippen LogP contribution in [0.3, 0.4) is 0 Å². The molecule has 120 valence electrons. The van der Waals surface area contributed by atoms with Crippen LogP contribution in [0.2, 0.25) is 0 Å². The molecule has 0 atom stereocenters. The number of nitrogens with one attached hydrogen (secondary N) is 1. The van der Waals surface area contributed by atoms with Gasteiger partial charge in [0.15, 0.2) is 0 Å². The summed E-state index contributed by atoms with van der Waals surface area (Å²) in [5.74, 6) is 0.139. The van der Waals surface area contributed by atoms with E-state index in [1.54, 1.807) is 53.2 Å². The summed E-state index contributed by atoms with van der Waals surface area (Å²) in [6.45, 7) is 0. The Morgan fingerprint density at radius 1 is 1.13 bits per heavy atom. The maximum absolute atomic E-state index is 12.4. The predicted molar refractivity (Wildman–Crippen MR) is 85.8 cm³/mol. The van der Waals surface area contributed by atoms with E-state index in [0.29, 0.717) is 18.4 Å². The van der Waals surface area contributed by atoms with Crippen molar-refractivity contribution in [3.63, 3.8) is 0 Å². The molecule has 1 amide bonds. The highest BCUT2D eigenvalue weighted by molar-refractivity contribution is 7.99. The fourth-order valence-corrected chi connectivity index (χ4v) is 3.71. The number of carboxylic acids is 1. The second-order valence-corrected chi connectivity index (χ2v) is 6.59. The Labute approximate surface area is 137 Å². The SMILES string of the molecule is O=C(NC1(C(=O)O)CCSCC1)c1ccc(-n2cnnc2)cc1. The Balaban J connectivity index is 1.76. The van der Waals surface area contributed by atoms with Crippen LogP contribution in [-0.4, -0.2) is 48.8 Å². The van der Waals surface area contributed by atoms with Crippen LogP contribution >= 0.6 is 11.8 Å². The molecule has 8 heteroatoms. The molecule has 1 aliphatic rings. The lowest BCUT2D eigenvalue weighted by Gasteiger charge is -2.33. The van der Waals surface area contributed by atoms with Crippen LogP contribution in [-0.2, 0) is 4.79 Å². The molecule has 0 unspecified atom stereocenters. The van der Waals surface area contributed by atoms with Gasteiger partial charge in [0, 0.05) is 11.3 Å². The van der Waals surface area contributed by atoms with E-state index in [1.807, 2.05) is 0 Å². The van der Waals surface area contributed by atoms with Gasteiger partial charge in [0.2, 0.25) is 0 Å². The molecule has 1 aliphatic heterocycles. The standard InChI is InChI=1S/C15H16N4O3S/c20-13(18-15(14(21)22)5-7-23-8-6-15)11-1-3-12(4-2-11)19-9-16-17-10-19/h1-4,9-10H,5-8H2,(H,18,20)(H,21,22). The molecule has 0 spiro atoms. The first-order valence-corrected chi connectivity index (χ1v) is 8.35. The van der Waals surface area contributed by atoms with Crippen LogP contribution in [0.25, 0.3) is 5.69 Å². The summed E-state index contributed by atoms with van der Waals surface area (Å²) >= 11 is 1.71. The Morgan fingerprint density at radius 3 is 2.30 bits per heavy atom. The average Bonchev–Trinajstić information content (AvgIpc) is 3.10. The molecule has 1 saturated heterocycles. The van der Waals surface area contributed by atoms with Gasteiger partial charge in [-0.3, -0.25) is 9.36 Å². The van der Waals surface area contributed by atoms with Crippen LogP contribution in [0.5, 0.6) is 0 Å². The number of carboxylic acid groups (broad SMARTS) is 1. The van der Waals surface area contributed by atoms with E-state index in [1.165, 1.54) is 0 Å². The van der Waals surface area contributed by atoms with Gasteiger partial charge >= 0.3 is 5.97 Å². The highest BCUT2D eigenvalue weighted by atomic mass is 32.2. The molecule has 0 radical (unpaired) electrons. The molecule has 0 bridgehead atoms. The number of hydrogen-bond donors (Lipinski definition) is 2. The molecule has 1 aromatic heterocycles. The molecule has 1 fully saturated rings. The van der Waals surface area contributed by atoms with Crippen molar-refractivity contribution in [1.29, 1.82) is 0 Å². The lowest BCUT2D eigenvalue weighted by molar-refractivity contribution is -0.144. The van der Waals surface area contributed by atoms with Gasteiger partial charge in [0.05, 0.1) is 0 Å². The zero-order valence-electron chi connectivity index (χ0n) is 12.3. The highest BCUT2D eigenvalue weighted by Gasteiger charge is 2.41. The number of benzene rings is 1. The number of aromatic nitrogens is 3. The Hall–Kier alpha value is -2.35.